The zero-order valence-corrected chi connectivity index (χ0v) is 13.1. The van der Waals surface area contributed by atoms with Gasteiger partial charge in [-0.3, -0.25) is 4.90 Å². The highest BCUT2D eigenvalue weighted by Crippen LogP contribution is 2.25. The Morgan fingerprint density at radius 1 is 1.45 bits per heavy atom. The lowest BCUT2D eigenvalue weighted by Crippen LogP contribution is -2.53. The number of furan rings is 1. The highest BCUT2D eigenvalue weighted by atomic mass is 32.2. The second-order valence-corrected chi connectivity index (χ2v) is 7.08. The summed E-state index contributed by atoms with van der Waals surface area (Å²) in [7, 11) is -3.49. The summed E-state index contributed by atoms with van der Waals surface area (Å²) >= 11 is 0. The number of piperazine rings is 1. The second-order valence-electron chi connectivity index (χ2n) is 5.18. The molecular weight excluding hydrogens is 278 g/mol. The molecule has 6 nitrogen and oxygen atoms in total. The first kappa shape index (κ1) is 15.5. The number of aryl methyl sites for hydroxylation is 1. The van der Waals surface area contributed by atoms with E-state index in [0.717, 1.165) is 13.1 Å². The number of nitrogens with two attached hydrogens (primary N) is 1. The van der Waals surface area contributed by atoms with Crippen LogP contribution in [0.25, 0.3) is 0 Å². The molecule has 1 aliphatic rings. The Labute approximate surface area is 120 Å². The standard InChI is InChI=1S/C13H23N3O3S/c1-4-15-5-6-16(9-10(15)2)20(17,18)13-7-12(8-14)19-11(13)3/h7,10H,4-6,8-9,14H2,1-3H3. The smallest absolute Gasteiger partial charge is 0.246 e. The maximum atomic E-state index is 12.7. The zero-order valence-electron chi connectivity index (χ0n) is 12.3. The third-order valence-electron chi connectivity index (χ3n) is 3.88. The molecule has 1 aromatic heterocycles. The van der Waals surface area contributed by atoms with Crippen molar-refractivity contribution >= 4 is 10.0 Å². The first-order valence-corrected chi connectivity index (χ1v) is 8.37. The minimum atomic E-state index is -3.49. The third-order valence-corrected chi connectivity index (χ3v) is 5.85. The first-order valence-electron chi connectivity index (χ1n) is 6.93. The Bertz CT molecular complexity index is 567. The van der Waals surface area contributed by atoms with Crippen molar-refractivity contribution in [1.82, 2.24) is 9.21 Å². The van der Waals surface area contributed by atoms with E-state index < -0.39 is 10.0 Å². The molecule has 7 heteroatoms. The van der Waals surface area contributed by atoms with E-state index in [-0.39, 0.29) is 17.5 Å². The van der Waals surface area contributed by atoms with E-state index in [9.17, 15) is 8.42 Å². The maximum absolute atomic E-state index is 12.7. The van der Waals surface area contributed by atoms with Gasteiger partial charge < -0.3 is 10.2 Å². The van der Waals surface area contributed by atoms with Gasteiger partial charge in [0.25, 0.3) is 0 Å². The predicted octanol–water partition coefficient (Wildman–Crippen LogP) is 0.761. The van der Waals surface area contributed by atoms with Crippen molar-refractivity contribution in [2.45, 2.75) is 38.3 Å². The van der Waals surface area contributed by atoms with Crippen LogP contribution in [0.5, 0.6) is 0 Å². The summed E-state index contributed by atoms with van der Waals surface area (Å²) in [6.45, 7) is 8.75. The molecule has 0 saturated carbocycles. The number of hydrogen-bond donors (Lipinski definition) is 1. The predicted molar refractivity (Wildman–Crippen MR) is 76.8 cm³/mol. The molecule has 0 aliphatic carbocycles. The molecule has 2 N–H and O–H groups in total. The van der Waals surface area contributed by atoms with Gasteiger partial charge in [0.15, 0.2) is 0 Å². The monoisotopic (exact) mass is 301 g/mol. The highest BCUT2D eigenvalue weighted by molar-refractivity contribution is 7.89. The summed E-state index contributed by atoms with van der Waals surface area (Å²) in [4.78, 5) is 2.52. The molecule has 0 bridgehead atoms. The van der Waals surface area contributed by atoms with Crippen LogP contribution in [-0.4, -0.2) is 49.8 Å². The molecule has 1 aliphatic heterocycles. The molecule has 114 valence electrons. The molecule has 1 atom stereocenters. The van der Waals surface area contributed by atoms with Crippen molar-refractivity contribution in [2.24, 2.45) is 5.73 Å². The van der Waals surface area contributed by atoms with Gasteiger partial charge in [-0.25, -0.2) is 8.42 Å². The molecule has 0 spiro atoms. The Morgan fingerprint density at radius 3 is 2.65 bits per heavy atom. The Balaban J connectivity index is 2.25. The van der Waals surface area contributed by atoms with E-state index >= 15 is 0 Å². The summed E-state index contributed by atoms with van der Waals surface area (Å²) in [5.41, 5.74) is 5.50. The molecule has 0 radical (unpaired) electrons. The van der Waals surface area contributed by atoms with Crippen molar-refractivity contribution in [3.63, 3.8) is 0 Å². The van der Waals surface area contributed by atoms with E-state index in [0.29, 0.717) is 24.6 Å². The van der Waals surface area contributed by atoms with E-state index in [2.05, 4.69) is 18.7 Å². The van der Waals surface area contributed by atoms with E-state index in [1.54, 1.807) is 17.3 Å². The normalized spacial score (nSPS) is 22.3. The molecule has 1 unspecified atom stereocenters. The van der Waals surface area contributed by atoms with Crippen LogP contribution in [0, 0.1) is 6.92 Å². The lowest BCUT2D eigenvalue weighted by molar-refractivity contribution is 0.135. The van der Waals surface area contributed by atoms with Gasteiger partial charge in [0.1, 0.15) is 16.4 Å². The molecule has 1 fully saturated rings. The lowest BCUT2D eigenvalue weighted by Gasteiger charge is -2.38. The molecule has 2 heterocycles. The average molecular weight is 301 g/mol. The van der Waals surface area contributed by atoms with Crippen LogP contribution in [0.2, 0.25) is 0 Å². The Kier molecular flexibility index (Phi) is 4.53. The van der Waals surface area contributed by atoms with Crippen molar-refractivity contribution in [2.75, 3.05) is 26.2 Å². The van der Waals surface area contributed by atoms with Crippen molar-refractivity contribution in [3.05, 3.63) is 17.6 Å². The van der Waals surface area contributed by atoms with Crippen molar-refractivity contribution in [3.8, 4) is 0 Å². The summed E-state index contributed by atoms with van der Waals surface area (Å²) in [6.07, 6.45) is 0. The van der Waals surface area contributed by atoms with Crippen molar-refractivity contribution < 1.29 is 12.8 Å². The minimum Gasteiger partial charge on any atom is -0.464 e. The SMILES string of the molecule is CCN1CCN(S(=O)(=O)c2cc(CN)oc2C)CC1C. The van der Waals surface area contributed by atoms with Gasteiger partial charge in [-0.2, -0.15) is 4.31 Å². The van der Waals surface area contributed by atoms with Gasteiger partial charge >= 0.3 is 0 Å². The zero-order chi connectivity index (χ0) is 14.9. The number of rotatable bonds is 4. The van der Waals surface area contributed by atoms with E-state index in [1.165, 1.54) is 0 Å². The Hall–Kier alpha value is -0.890. The lowest BCUT2D eigenvalue weighted by atomic mass is 10.2. The molecule has 1 aromatic rings. The fraction of sp³-hybridized carbons (Fsp3) is 0.692. The summed E-state index contributed by atoms with van der Waals surface area (Å²) < 4.78 is 32.3. The molecule has 20 heavy (non-hydrogen) atoms. The maximum Gasteiger partial charge on any atom is 0.246 e. The quantitative estimate of drug-likeness (QED) is 0.888. The largest absolute Gasteiger partial charge is 0.464 e. The molecule has 0 amide bonds. The van der Waals surface area contributed by atoms with Crippen LogP contribution in [-0.2, 0) is 16.6 Å². The molecule has 2 rings (SSSR count). The summed E-state index contributed by atoms with van der Waals surface area (Å²) in [6, 6.07) is 1.77. The number of sulfonamides is 1. The molecule has 1 saturated heterocycles. The van der Waals surface area contributed by atoms with Gasteiger partial charge in [0.2, 0.25) is 10.0 Å². The summed E-state index contributed by atoms with van der Waals surface area (Å²) in [5.74, 6) is 0.914. The molecular formula is C13H23N3O3S. The van der Waals surface area contributed by atoms with Gasteiger partial charge in [0, 0.05) is 31.7 Å². The van der Waals surface area contributed by atoms with E-state index in [4.69, 9.17) is 10.2 Å². The van der Waals surface area contributed by atoms with E-state index in [1.807, 2.05) is 0 Å². The fourth-order valence-electron chi connectivity index (χ4n) is 2.67. The number of nitrogens with zero attached hydrogens (tertiary/aromatic N) is 2. The highest BCUT2D eigenvalue weighted by Gasteiger charge is 2.33. The van der Waals surface area contributed by atoms with Crippen LogP contribution in [0.4, 0.5) is 0 Å². The number of hydrogen-bond acceptors (Lipinski definition) is 5. The topological polar surface area (TPSA) is 79.8 Å². The third kappa shape index (κ3) is 2.76. The fourth-order valence-corrected chi connectivity index (χ4v) is 4.37. The van der Waals surface area contributed by atoms with Crippen LogP contribution >= 0.6 is 0 Å². The second kappa shape index (κ2) is 5.85. The van der Waals surface area contributed by atoms with Crippen molar-refractivity contribution in [1.29, 1.82) is 0 Å². The molecule has 0 aromatic carbocycles. The minimum absolute atomic E-state index is 0.205. The number of likely N-dealkylation sites (N-methyl/N-ethyl adjacent to an activating group) is 1. The Morgan fingerprint density at radius 2 is 2.15 bits per heavy atom. The average Bonchev–Trinajstić information content (AvgIpc) is 2.80. The summed E-state index contributed by atoms with van der Waals surface area (Å²) in [5, 5.41) is 0. The first-order chi connectivity index (χ1) is 9.40. The van der Waals surface area contributed by atoms with Gasteiger partial charge in [0.05, 0.1) is 6.54 Å². The van der Waals surface area contributed by atoms with Crippen LogP contribution < -0.4 is 5.73 Å². The van der Waals surface area contributed by atoms with Gasteiger partial charge in [-0.05, 0) is 20.4 Å². The van der Waals surface area contributed by atoms with Crippen LogP contribution in [0.15, 0.2) is 15.4 Å². The van der Waals surface area contributed by atoms with Crippen LogP contribution in [0.1, 0.15) is 25.4 Å². The van der Waals surface area contributed by atoms with Gasteiger partial charge in [-0.1, -0.05) is 6.92 Å². The van der Waals surface area contributed by atoms with Crippen LogP contribution in [0.3, 0.4) is 0 Å². The van der Waals surface area contributed by atoms with Gasteiger partial charge in [-0.15, -0.1) is 0 Å².